The standard InChI is InChI=1S/C10H10N2O3/c1-2-6-3-4-7(15-6)10-11-8(13)5-9(14)12-10/h3-5H,2H2,1H3,(H2,11,12,13,14). The Morgan fingerprint density at radius 2 is 2.33 bits per heavy atom. The summed E-state index contributed by atoms with van der Waals surface area (Å²) in [5.74, 6) is 1.17. The van der Waals surface area contributed by atoms with E-state index >= 15 is 0 Å². The molecule has 2 N–H and O–H groups in total. The summed E-state index contributed by atoms with van der Waals surface area (Å²) in [5, 5.41) is 9.15. The van der Waals surface area contributed by atoms with Crippen molar-refractivity contribution >= 4 is 0 Å². The molecule has 0 spiro atoms. The van der Waals surface area contributed by atoms with Gasteiger partial charge in [0.15, 0.2) is 11.6 Å². The molecule has 5 nitrogen and oxygen atoms in total. The van der Waals surface area contributed by atoms with E-state index < -0.39 is 5.56 Å². The Hall–Kier alpha value is -2.04. The summed E-state index contributed by atoms with van der Waals surface area (Å²) in [7, 11) is 0. The minimum Gasteiger partial charge on any atom is -0.493 e. The van der Waals surface area contributed by atoms with E-state index in [-0.39, 0.29) is 11.7 Å². The lowest BCUT2D eigenvalue weighted by Crippen LogP contribution is -2.06. The van der Waals surface area contributed by atoms with Crippen LogP contribution in [0.25, 0.3) is 11.6 Å². The Kier molecular flexibility index (Phi) is 2.29. The minimum absolute atomic E-state index is 0.236. The molecular weight excluding hydrogens is 196 g/mol. The van der Waals surface area contributed by atoms with E-state index in [0.29, 0.717) is 5.76 Å². The lowest BCUT2D eigenvalue weighted by molar-refractivity contribution is 0.449. The average molecular weight is 206 g/mol. The lowest BCUT2D eigenvalue weighted by atomic mass is 10.3. The molecule has 0 amide bonds. The van der Waals surface area contributed by atoms with Gasteiger partial charge in [-0.1, -0.05) is 6.92 Å². The van der Waals surface area contributed by atoms with Crippen LogP contribution in [0.1, 0.15) is 12.7 Å². The molecule has 2 rings (SSSR count). The van der Waals surface area contributed by atoms with Gasteiger partial charge in [-0.05, 0) is 12.1 Å². The van der Waals surface area contributed by atoms with Gasteiger partial charge in [-0.25, -0.2) is 0 Å². The third-order valence-electron chi connectivity index (χ3n) is 1.97. The molecule has 0 atom stereocenters. The highest BCUT2D eigenvalue weighted by atomic mass is 16.3. The number of rotatable bonds is 2. The van der Waals surface area contributed by atoms with Crippen molar-refractivity contribution in [1.82, 2.24) is 9.97 Å². The Morgan fingerprint density at radius 1 is 1.53 bits per heavy atom. The van der Waals surface area contributed by atoms with Crippen molar-refractivity contribution in [3.63, 3.8) is 0 Å². The van der Waals surface area contributed by atoms with Gasteiger partial charge in [-0.15, -0.1) is 0 Å². The first-order chi connectivity index (χ1) is 7.19. The summed E-state index contributed by atoms with van der Waals surface area (Å²) in [5.41, 5.74) is -0.410. The van der Waals surface area contributed by atoms with Crippen LogP contribution in [0.2, 0.25) is 0 Å². The van der Waals surface area contributed by atoms with E-state index in [2.05, 4.69) is 9.97 Å². The third-order valence-corrected chi connectivity index (χ3v) is 1.97. The number of furan rings is 1. The zero-order valence-electron chi connectivity index (χ0n) is 8.15. The monoisotopic (exact) mass is 206 g/mol. The number of aryl methyl sites for hydroxylation is 1. The molecule has 0 saturated carbocycles. The second-order valence-electron chi connectivity index (χ2n) is 3.07. The van der Waals surface area contributed by atoms with Crippen LogP contribution in [-0.4, -0.2) is 15.1 Å². The maximum absolute atomic E-state index is 11.1. The van der Waals surface area contributed by atoms with E-state index in [4.69, 9.17) is 9.52 Å². The fraction of sp³-hybridized carbons (Fsp3) is 0.200. The molecule has 0 aromatic carbocycles. The number of aromatic hydroxyl groups is 1. The summed E-state index contributed by atoms with van der Waals surface area (Å²) in [4.78, 5) is 17.3. The van der Waals surface area contributed by atoms with E-state index in [0.717, 1.165) is 18.2 Å². The molecule has 15 heavy (non-hydrogen) atoms. The maximum Gasteiger partial charge on any atom is 0.255 e. The average Bonchev–Trinajstić information content (AvgIpc) is 2.64. The highest BCUT2D eigenvalue weighted by molar-refractivity contribution is 5.47. The van der Waals surface area contributed by atoms with Crippen LogP contribution in [0.5, 0.6) is 5.88 Å². The first kappa shape index (κ1) is 9.51. The summed E-state index contributed by atoms with van der Waals surface area (Å²) in [6.45, 7) is 1.96. The third kappa shape index (κ3) is 1.90. The highest BCUT2D eigenvalue weighted by Crippen LogP contribution is 2.18. The summed E-state index contributed by atoms with van der Waals surface area (Å²) in [6, 6.07) is 4.52. The molecule has 0 radical (unpaired) electrons. The maximum atomic E-state index is 11.1. The first-order valence-electron chi connectivity index (χ1n) is 4.58. The Balaban J connectivity index is 2.48. The van der Waals surface area contributed by atoms with Crippen LogP contribution >= 0.6 is 0 Å². The van der Waals surface area contributed by atoms with Crippen molar-refractivity contribution in [2.24, 2.45) is 0 Å². The van der Waals surface area contributed by atoms with Crippen molar-refractivity contribution in [3.8, 4) is 17.5 Å². The van der Waals surface area contributed by atoms with Crippen molar-refractivity contribution in [1.29, 1.82) is 0 Å². The van der Waals surface area contributed by atoms with Crippen molar-refractivity contribution in [3.05, 3.63) is 34.3 Å². The van der Waals surface area contributed by atoms with Gasteiger partial charge in [0.25, 0.3) is 5.56 Å². The second kappa shape index (κ2) is 3.61. The predicted octanol–water partition coefficient (Wildman–Crippen LogP) is 1.30. The molecule has 0 aliphatic heterocycles. The van der Waals surface area contributed by atoms with Crippen LogP contribution in [-0.2, 0) is 6.42 Å². The normalized spacial score (nSPS) is 10.5. The number of aromatic nitrogens is 2. The van der Waals surface area contributed by atoms with E-state index in [1.54, 1.807) is 12.1 Å². The SMILES string of the molecule is CCc1ccc(-c2nc(O)cc(=O)[nH]2)o1. The van der Waals surface area contributed by atoms with Gasteiger partial charge >= 0.3 is 0 Å². The van der Waals surface area contributed by atoms with Gasteiger partial charge in [0.1, 0.15) is 5.76 Å². The second-order valence-corrected chi connectivity index (χ2v) is 3.07. The molecule has 0 aliphatic carbocycles. The van der Waals surface area contributed by atoms with Crippen molar-refractivity contribution in [2.75, 3.05) is 0 Å². The Bertz CT molecular complexity index is 527. The molecule has 0 aliphatic rings. The molecular formula is C10H10N2O3. The molecule has 0 fully saturated rings. The van der Waals surface area contributed by atoms with Gasteiger partial charge in [-0.2, -0.15) is 4.98 Å². The van der Waals surface area contributed by atoms with Gasteiger partial charge in [-0.3, -0.25) is 4.79 Å². The van der Waals surface area contributed by atoms with Crippen LogP contribution in [0.15, 0.2) is 27.4 Å². The van der Waals surface area contributed by atoms with E-state index in [9.17, 15) is 4.79 Å². The largest absolute Gasteiger partial charge is 0.493 e. The number of aromatic amines is 1. The van der Waals surface area contributed by atoms with Crippen LogP contribution < -0.4 is 5.56 Å². The minimum atomic E-state index is -0.410. The topological polar surface area (TPSA) is 79.1 Å². The van der Waals surface area contributed by atoms with Gasteiger partial charge in [0.05, 0.1) is 6.07 Å². The summed E-state index contributed by atoms with van der Waals surface area (Å²) < 4.78 is 5.39. The van der Waals surface area contributed by atoms with Crippen molar-refractivity contribution in [2.45, 2.75) is 13.3 Å². The fourth-order valence-corrected chi connectivity index (χ4v) is 1.26. The van der Waals surface area contributed by atoms with Gasteiger partial charge in [0.2, 0.25) is 5.88 Å². The zero-order valence-corrected chi connectivity index (χ0v) is 8.15. The highest BCUT2D eigenvalue weighted by Gasteiger charge is 2.07. The lowest BCUT2D eigenvalue weighted by Gasteiger charge is -1.96. The molecule has 2 aromatic heterocycles. The molecule has 2 heterocycles. The predicted molar refractivity (Wildman–Crippen MR) is 53.6 cm³/mol. The van der Waals surface area contributed by atoms with E-state index in [1.807, 2.05) is 6.92 Å². The molecule has 0 bridgehead atoms. The number of H-pyrrole nitrogens is 1. The Labute approximate surface area is 85.4 Å². The van der Waals surface area contributed by atoms with Crippen LogP contribution in [0, 0.1) is 0 Å². The zero-order chi connectivity index (χ0) is 10.8. The van der Waals surface area contributed by atoms with Gasteiger partial charge in [0, 0.05) is 6.42 Å². The van der Waals surface area contributed by atoms with Gasteiger partial charge < -0.3 is 14.5 Å². The molecule has 2 aromatic rings. The quantitative estimate of drug-likeness (QED) is 0.776. The molecule has 78 valence electrons. The van der Waals surface area contributed by atoms with Crippen LogP contribution in [0.3, 0.4) is 0 Å². The smallest absolute Gasteiger partial charge is 0.255 e. The first-order valence-corrected chi connectivity index (χ1v) is 4.58. The number of nitrogens with one attached hydrogen (secondary N) is 1. The number of hydrogen-bond acceptors (Lipinski definition) is 4. The van der Waals surface area contributed by atoms with Crippen molar-refractivity contribution < 1.29 is 9.52 Å². The van der Waals surface area contributed by atoms with Crippen LogP contribution in [0.4, 0.5) is 0 Å². The number of nitrogens with zero attached hydrogens (tertiary/aromatic N) is 1. The summed E-state index contributed by atoms with van der Waals surface area (Å²) >= 11 is 0. The van der Waals surface area contributed by atoms with E-state index in [1.165, 1.54) is 0 Å². The molecule has 0 saturated heterocycles. The Morgan fingerprint density at radius 3 is 2.93 bits per heavy atom. The summed E-state index contributed by atoms with van der Waals surface area (Å²) in [6.07, 6.45) is 0.767. The number of hydrogen-bond donors (Lipinski definition) is 2. The molecule has 0 unspecified atom stereocenters. The molecule has 5 heteroatoms. The fourth-order valence-electron chi connectivity index (χ4n) is 1.26.